The number of rotatable bonds is 4. The molecule has 0 aliphatic heterocycles. The van der Waals surface area contributed by atoms with Crippen molar-refractivity contribution in [3.63, 3.8) is 0 Å². The zero-order chi connectivity index (χ0) is 12.0. The van der Waals surface area contributed by atoms with Crippen LogP contribution in [0.25, 0.3) is 0 Å². The fourth-order valence-electron chi connectivity index (χ4n) is 1.07. The molecule has 0 amide bonds. The minimum atomic E-state index is -0.414. The largest absolute Gasteiger partial charge is 0.493 e. The van der Waals surface area contributed by atoms with Crippen LogP contribution in [0.15, 0.2) is 22.9 Å². The summed E-state index contributed by atoms with van der Waals surface area (Å²) in [7, 11) is 4.94. The van der Waals surface area contributed by atoms with Gasteiger partial charge in [0.2, 0.25) is 8.60 Å². The minimum absolute atomic E-state index is 0.414. The van der Waals surface area contributed by atoms with Crippen LogP contribution in [0.2, 0.25) is 0 Å². The number of nitrogens with zero attached hydrogens (tertiary/aromatic N) is 1. The molecular weight excluding hydrogens is 229 g/mol. The first kappa shape index (κ1) is 12.5. The van der Waals surface area contributed by atoms with Gasteiger partial charge in [-0.05, 0) is 18.2 Å². The van der Waals surface area contributed by atoms with Crippen molar-refractivity contribution in [3.05, 3.63) is 23.8 Å². The second-order valence-electron chi connectivity index (χ2n) is 2.73. The Morgan fingerprint density at radius 3 is 2.62 bits per heavy atom. The summed E-state index contributed by atoms with van der Waals surface area (Å²) in [6.45, 7) is 0. The molecule has 0 aliphatic rings. The van der Waals surface area contributed by atoms with Crippen molar-refractivity contribution in [2.45, 2.75) is 0 Å². The van der Waals surface area contributed by atoms with E-state index < -0.39 is 5.97 Å². The summed E-state index contributed by atoms with van der Waals surface area (Å²) in [5.41, 5.74) is 0.414. The third-order valence-electron chi connectivity index (χ3n) is 1.81. The maximum atomic E-state index is 11.3. The SMILES string of the molecule is CN=POc1ccc(C(=O)OC)cc1OC. The summed E-state index contributed by atoms with van der Waals surface area (Å²) in [6, 6.07) is 4.81. The van der Waals surface area contributed by atoms with Gasteiger partial charge in [-0.1, -0.05) is 0 Å². The zero-order valence-electron chi connectivity index (χ0n) is 9.26. The van der Waals surface area contributed by atoms with Crippen molar-refractivity contribution in [3.8, 4) is 11.5 Å². The van der Waals surface area contributed by atoms with Crippen molar-refractivity contribution >= 4 is 14.6 Å². The molecule has 16 heavy (non-hydrogen) atoms. The summed E-state index contributed by atoms with van der Waals surface area (Å²) in [4.78, 5) is 11.3. The normalized spacial score (nSPS) is 10.2. The van der Waals surface area contributed by atoms with Crippen molar-refractivity contribution in [1.82, 2.24) is 0 Å². The summed E-state index contributed by atoms with van der Waals surface area (Å²) >= 11 is 0. The van der Waals surface area contributed by atoms with E-state index in [0.717, 1.165) is 0 Å². The molecule has 0 atom stereocenters. The number of carbonyl (C=O) groups excluding carboxylic acids is 1. The Morgan fingerprint density at radius 2 is 2.06 bits per heavy atom. The van der Waals surface area contributed by atoms with Gasteiger partial charge >= 0.3 is 5.97 Å². The first-order chi connectivity index (χ1) is 7.72. The number of esters is 1. The van der Waals surface area contributed by atoms with Crippen LogP contribution in [-0.4, -0.2) is 27.2 Å². The summed E-state index contributed by atoms with van der Waals surface area (Å²) in [6.07, 6.45) is 0. The zero-order valence-corrected chi connectivity index (χ0v) is 10.2. The molecule has 0 fully saturated rings. The molecule has 0 saturated heterocycles. The van der Waals surface area contributed by atoms with E-state index in [1.165, 1.54) is 14.2 Å². The van der Waals surface area contributed by atoms with Crippen molar-refractivity contribution in [1.29, 1.82) is 0 Å². The Morgan fingerprint density at radius 1 is 1.31 bits per heavy atom. The highest BCUT2D eigenvalue weighted by molar-refractivity contribution is 7.21. The molecule has 1 rings (SSSR count). The van der Waals surface area contributed by atoms with Gasteiger partial charge in [0.15, 0.2) is 11.5 Å². The van der Waals surface area contributed by atoms with Crippen LogP contribution in [0.3, 0.4) is 0 Å². The van der Waals surface area contributed by atoms with Crippen LogP contribution < -0.4 is 9.26 Å². The summed E-state index contributed by atoms with van der Waals surface area (Å²) in [5.74, 6) is 0.587. The van der Waals surface area contributed by atoms with Gasteiger partial charge in [0.1, 0.15) is 0 Å². The predicted molar refractivity (Wildman–Crippen MR) is 60.2 cm³/mol. The second kappa shape index (κ2) is 6.08. The molecule has 6 heteroatoms. The van der Waals surface area contributed by atoms with Gasteiger partial charge in [-0.2, -0.15) is 0 Å². The van der Waals surface area contributed by atoms with E-state index >= 15 is 0 Å². The highest BCUT2D eigenvalue weighted by Crippen LogP contribution is 2.30. The van der Waals surface area contributed by atoms with Crippen LogP contribution in [0, 0.1) is 0 Å². The number of benzene rings is 1. The lowest BCUT2D eigenvalue weighted by Gasteiger charge is -2.07. The number of ether oxygens (including phenoxy) is 2. The molecule has 1 aromatic carbocycles. The Labute approximate surface area is 95.3 Å². The molecular formula is C10H12NO4P. The second-order valence-corrected chi connectivity index (χ2v) is 3.48. The Bertz CT molecular complexity index is 406. The third kappa shape index (κ3) is 2.94. The van der Waals surface area contributed by atoms with Gasteiger partial charge in [-0.15, -0.1) is 0 Å². The van der Waals surface area contributed by atoms with Crippen LogP contribution in [0.5, 0.6) is 11.5 Å². The Hall–Kier alpha value is -1.61. The first-order valence-electron chi connectivity index (χ1n) is 4.45. The number of hydrogen-bond acceptors (Lipinski definition) is 5. The molecule has 0 N–H and O–H groups in total. The summed E-state index contributed by atoms with van der Waals surface area (Å²) in [5, 5.41) is 0. The van der Waals surface area contributed by atoms with Crippen molar-refractivity contribution < 1.29 is 18.8 Å². The van der Waals surface area contributed by atoms with Crippen LogP contribution in [-0.2, 0) is 4.74 Å². The molecule has 5 nitrogen and oxygen atoms in total. The molecule has 0 aromatic heterocycles. The Kier molecular flexibility index (Phi) is 4.73. The molecule has 0 saturated carbocycles. The predicted octanol–water partition coefficient (Wildman–Crippen LogP) is 2.54. The highest BCUT2D eigenvalue weighted by Gasteiger charge is 2.10. The van der Waals surface area contributed by atoms with Gasteiger partial charge in [0, 0.05) is 7.05 Å². The molecule has 1 aromatic rings. The fraction of sp³-hybridized carbons (Fsp3) is 0.300. The molecule has 86 valence electrons. The van der Waals surface area contributed by atoms with Gasteiger partial charge < -0.3 is 14.0 Å². The molecule has 0 aliphatic carbocycles. The van der Waals surface area contributed by atoms with E-state index in [1.807, 2.05) is 0 Å². The average Bonchev–Trinajstić information content (AvgIpc) is 2.35. The summed E-state index contributed by atoms with van der Waals surface area (Å²) < 4.78 is 18.8. The lowest BCUT2D eigenvalue weighted by atomic mass is 10.2. The third-order valence-corrected chi connectivity index (χ3v) is 2.25. The van der Waals surface area contributed by atoms with E-state index in [-0.39, 0.29) is 0 Å². The lowest BCUT2D eigenvalue weighted by Crippen LogP contribution is -2.01. The quantitative estimate of drug-likeness (QED) is 0.600. The minimum Gasteiger partial charge on any atom is -0.493 e. The first-order valence-corrected chi connectivity index (χ1v) is 5.22. The van der Waals surface area contributed by atoms with E-state index in [0.29, 0.717) is 25.7 Å². The number of carbonyl (C=O) groups is 1. The van der Waals surface area contributed by atoms with Gasteiger partial charge in [0.05, 0.1) is 19.8 Å². The van der Waals surface area contributed by atoms with Crippen molar-refractivity contribution in [2.24, 2.45) is 4.74 Å². The molecule has 0 heterocycles. The Balaban J connectivity index is 3.01. The van der Waals surface area contributed by atoms with Gasteiger partial charge in [-0.3, -0.25) is 0 Å². The maximum Gasteiger partial charge on any atom is 0.337 e. The molecule has 0 spiro atoms. The lowest BCUT2D eigenvalue weighted by molar-refractivity contribution is 0.0600. The van der Waals surface area contributed by atoms with Gasteiger partial charge in [-0.25, -0.2) is 9.54 Å². The highest BCUT2D eigenvalue weighted by atomic mass is 31.1. The molecule has 0 bridgehead atoms. The molecule has 0 unspecified atom stereocenters. The van der Waals surface area contributed by atoms with E-state index in [2.05, 4.69) is 9.48 Å². The smallest absolute Gasteiger partial charge is 0.337 e. The number of methoxy groups -OCH3 is 2. The fourth-order valence-corrected chi connectivity index (χ4v) is 1.39. The van der Waals surface area contributed by atoms with E-state index in [9.17, 15) is 4.79 Å². The van der Waals surface area contributed by atoms with Gasteiger partial charge in [0.25, 0.3) is 0 Å². The van der Waals surface area contributed by atoms with E-state index in [4.69, 9.17) is 9.26 Å². The van der Waals surface area contributed by atoms with Crippen molar-refractivity contribution in [2.75, 3.05) is 21.3 Å². The topological polar surface area (TPSA) is 57.1 Å². The molecule has 0 radical (unpaired) electrons. The van der Waals surface area contributed by atoms with Crippen LogP contribution in [0.1, 0.15) is 10.4 Å². The average molecular weight is 241 g/mol. The van der Waals surface area contributed by atoms with Crippen LogP contribution in [0.4, 0.5) is 0 Å². The standard InChI is InChI=1S/C10H12NO4P/c1-11-16-15-8-5-4-7(10(12)14-3)6-9(8)13-2/h4-6H,1-3H3. The number of hydrogen-bond donors (Lipinski definition) is 0. The monoisotopic (exact) mass is 241 g/mol. The van der Waals surface area contributed by atoms with E-state index in [1.54, 1.807) is 25.2 Å². The maximum absolute atomic E-state index is 11.3. The van der Waals surface area contributed by atoms with Crippen LogP contribution >= 0.6 is 8.60 Å².